The average Bonchev–Trinajstić information content (AvgIpc) is 2.95. The summed E-state index contributed by atoms with van der Waals surface area (Å²) in [6.45, 7) is 9.16. The van der Waals surface area contributed by atoms with Gasteiger partial charge in [0.25, 0.3) is 0 Å². The third-order valence-electron chi connectivity index (χ3n) is 6.28. The second-order valence-electron chi connectivity index (χ2n) is 8.72. The standard InChI is InChI=1S/C27H25N/c1-17(2)19-13-14-28-25(16-19)20-10-11-22-23-12-9-18-7-5-6-8-21(18)26(23)27(3,4)24(22)15-20/h5-17H,1-4H3. The van der Waals surface area contributed by atoms with Crippen molar-refractivity contribution >= 4 is 10.8 Å². The normalized spacial score (nSPS) is 14.3. The van der Waals surface area contributed by atoms with Crippen LogP contribution in [0.25, 0.3) is 33.2 Å². The maximum Gasteiger partial charge on any atom is 0.0704 e. The van der Waals surface area contributed by atoms with E-state index < -0.39 is 0 Å². The summed E-state index contributed by atoms with van der Waals surface area (Å²) >= 11 is 0. The van der Waals surface area contributed by atoms with Crippen molar-refractivity contribution in [3.8, 4) is 22.4 Å². The van der Waals surface area contributed by atoms with Gasteiger partial charge in [-0.25, -0.2) is 0 Å². The molecule has 0 atom stereocenters. The van der Waals surface area contributed by atoms with Crippen LogP contribution in [-0.2, 0) is 5.41 Å². The van der Waals surface area contributed by atoms with Crippen LogP contribution in [-0.4, -0.2) is 4.98 Å². The van der Waals surface area contributed by atoms with Crippen LogP contribution in [0.4, 0.5) is 0 Å². The lowest BCUT2D eigenvalue weighted by molar-refractivity contribution is 0.666. The third-order valence-corrected chi connectivity index (χ3v) is 6.28. The molecule has 1 nitrogen and oxygen atoms in total. The average molecular weight is 364 g/mol. The lowest BCUT2D eigenvalue weighted by atomic mass is 9.79. The molecule has 0 unspecified atom stereocenters. The largest absolute Gasteiger partial charge is 0.256 e. The molecule has 5 rings (SSSR count). The number of hydrogen-bond donors (Lipinski definition) is 0. The predicted octanol–water partition coefficient (Wildman–Crippen LogP) is 7.33. The molecule has 28 heavy (non-hydrogen) atoms. The number of pyridine rings is 1. The Kier molecular flexibility index (Phi) is 3.71. The minimum atomic E-state index is -0.0306. The topological polar surface area (TPSA) is 12.9 Å². The van der Waals surface area contributed by atoms with Crippen molar-refractivity contribution in [1.82, 2.24) is 4.98 Å². The summed E-state index contributed by atoms with van der Waals surface area (Å²) in [5.41, 5.74) is 9.13. The zero-order valence-corrected chi connectivity index (χ0v) is 17.0. The zero-order valence-electron chi connectivity index (χ0n) is 17.0. The van der Waals surface area contributed by atoms with Gasteiger partial charge in [0.05, 0.1) is 5.69 Å². The molecule has 0 saturated heterocycles. The molecule has 0 bridgehead atoms. The van der Waals surface area contributed by atoms with E-state index in [0.717, 1.165) is 5.69 Å². The number of rotatable bonds is 2. The van der Waals surface area contributed by atoms with Gasteiger partial charge in [0.15, 0.2) is 0 Å². The Morgan fingerprint density at radius 1 is 0.821 bits per heavy atom. The molecular weight excluding hydrogens is 338 g/mol. The van der Waals surface area contributed by atoms with Gasteiger partial charge in [-0.15, -0.1) is 0 Å². The van der Waals surface area contributed by atoms with Crippen LogP contribution in [0.5, 0.6) is 0 Å². The number of nitrogens with zero attached hydrogens (tertiary/aromatic N) is 1. The molecule has 4 aromatic rings. The molecule has 1 aromatic heterocycles. The lowest BCUT2D eigenvalue weighted by Gasteiger charge is -2.23. The van der Waals surface area contributed by atoms with Gasteiger partial charge < -0.3 is 0 Å². The molecule has 0 aliphatic heterocycles. The predicted molar refractivity (Wildman–Crippen MR) is 119 cm³/mol. The highest BCUT2D eigenvalue weighted by Crippen LogP contribution is 2.52. The van der Waals surface area contributed by atoms with Crippen molar-refractivity contribution in [3.63, 3.8) is 0 Å². The van der Waals surface area contributed by atoms with Crippen LogP contribution < -0.4 is 0 Å². The first kappa shape index (κ1) is 17.2. The molecule has 138 valence electrons. The summed E-state index contributed by atoms with van der Waals surface area (Å²) in [4.78, 5) is 4.66. The van der Waals surface area contributed by atoms with Crippen molar-refractivity contribution in [3.05, 3.63) is 89.6 Å². The first-order chi connectivity index (χ1) is 13.5. The first-order valence-corrected chi connectivity index (χ1v) is 10.1. The molecular formula is C27H25N. The molecule has 1 heterocycles. The van der Waals surface area contributed by atoms with Gasteiger partial charge >= 0.3 is 0 Å². The Morgan fingerprint density at radius 2 is 1.61 bits per heavy atom. The van der Waals surface area contributed by atoms with Crippen LogP contribution in [0.3, 0.4) is 0 Å². The van der Waals surface area contributed by atoms with Gasteiger partial charge in [-0.05, 0) is 62.7 Å². The van der Waals surface area contributed by atoms with Crippen molar-refractivity contribution in [2.75, 3.05) is 0 Å². The SMILES string of the molecule is CC(C)c1ccnc(-c2ccc3c(c2)C(C)(C)c2c-3ccc3ccccc23)c1. The second kappa shape index (κ2) is 6.04. The van der Waals surface area contributed by atoms with Gasteiger partial charge in [-0.3, -0.25) is 4.98 Å². The number of hydrogen-bond acceptors (Lipinski definition) is 1. The van der Waals surface area contributed by atoms with E-state index >= 15 is 0 Å². The van der Waals surface area contributed by atoms with Crippen LogP contribution >= 0.6 is 0 Å². The molecule has 0 radical (unpaired) electrons. The highest BCUT2D eigenvalue weighted by Gasteiger charge is 2.37. The van der Waals surface area contributed by atoms with Crippen LogP contribution in [0, 0.1) is 0 Å². The van der Waals surface area contributed by atoms with Crippen LogP contribution in [0.1, 0.15) is 50.3 Å². The zero-order chi connectivity index (χ0) is 19.5. The van der Waals surface area contributed by atoms with E-state index in [1.165, 1.54) is 44.2 Å². The molecule has 1 aliphatic rings. The van der Waals surface area contributed by atoms with E-state index in [1.54, 1.807) is 0 Å². The Bertz CT molecular complexity index is 1210. The van der Waals surface area contributed by atoms with E-state index in [-0.39, 0.29) is 5.41 Å². The number of fused-ring (bicyclic) bond motifs is 5. The van der Waals surface area contributed by atoms with E-state index in [1.807, 2.05) is 6.20 Å². The Labute approximate surface area is 167 Å². The molecule has 1 heteroatoms. The van der Waals surface area contributed by atoms with Gasteiger partial charge in [0.1, 0.15) is 0 Å². The maximum atomic E-state index is 4.66. The molecule has 0 amide bonds. The lowest BCUT2D eigenvalue weighted by Crippen LogP contribution is -2.15. The summed E-state index contributed by atoms with van der Waals surface area (Å²) in [6, 6.07) is 24.5. The van der Waals surface area contributed by atoms with Gasteiger partial charge in [0.2, 0.25) is 0 Å². The molecule has 0 N–H and O–H groups in total. The first-order valence-electron chi connectivity index (χ1n) is 10.1. The molecule has 1 aliphatic carbocycles. The van der Waals surface area contributed by atoms with Gasteiger partial charge in [-0.1, -0.05) is 76.2 Å². The van der Waals surface area contributed by atoms with Crippen LogP contribution in [0.15, 0.2) is 72.9 Å². The van der Waals surface area contributed by atoms with Crippen molar-refractivity contribution in [2.45, 2.75) is 39.0 Å². The highest BCUT2D eigenvalue weighted by molar-refractivity contribution is 5.97. The Morgan fingerprint density at radius 3 is 2.43 bits per heavy atom. The fourth-order valence-electron chi connectivity index (χ4n) is 4.72. The summed E-state index contributed by atoms with van der Waals surface area (Å²) < 4.78 is 0. The quantitative estimate of drug-likeness (QED) is 0.363. The van der Waals surface area contributed by atoms with E-state index in [2.05, 4.69) is 99.4 Å². The number of benzene rings is 3. The second-order valence-corrected chi connectivity index (χ2v) is 8.72. The molecule has 3 aromatic carbocycles. The van der Waals surface area contributed by atoms with Gasteiger partial charge in [0, 0.05) is 17.2 Å². The smallest absolute Gasteiger partial charge is 0.0704 e. The van der Waals surface area contributed by atoms with Gasteiger partial charge in [-0.2, -0.15) is 0 Å². The fourth-order valence-corrected chi connectivity index (χ4v) is 4.72. The number of aromatic nitrogens is 1. The minimum Gasteiger partial charge on any atom is -0.256 e. The minimum absolute atomic E-state index is 0.0306. The Balaban J connectivity index is 1.71. The Hall–Kier alpha value is -2.93. The fraction of sp³-hybridized carbons (Fsp3) is 0.222. The van der Waals surface area contributed by atoms with Crippen molar-refractivity contribution < 1.29 is 0 Å². The summed E-state index contributed by atoms with van der Waals surface area (Å²) in [6.07, 6.45) is 1.94. The molecule has 0 fully saturated rings. The maximum absolute atomic E-state index is 4.66. The van der Waals surface area contributed by atoms with E-state index in [4.69, 9.17) is 0 Å². The third kappa shape index (κ3) is 2.43. The van der Waals surface area contributed by atoms with E-state index in [0.29, 0.717) is 5.92 Å². The summed E-state index contributed by atoms with van der Waals surface area (Å²) in [5.74, 6) is 0.503. The molecule has 0 spiro atoms. The van der Waals surface area contributed by atoms with Crippen LogP contribution in [0.2, 0.25) is 0 Å². The summed E-state index contributed by atoms with van der Waals surface area (Å²) in [7, 11) is 0. The monoisotopic (exact) mass is 363 g/mol. The summed E-state index contributed by atoms with van der Waals surface area (Å²) in [5, 5.41) is 2.68. The van der Waals surface area contributed by atoms with E-state index in [9.17, 15) is 0 Å². The highest BCUT2D eigenvalue weighted by atomic mass is 14.7. The van der Waals surface area contributed by atoms with Crippen molar-refractivity contribution in [1.29, 1.82) is 0 Å². The van der Waals surface area contributed by atoms with Crippen molar-refractivity contribution in [2.24, 2.45) is 0 Å². The molecule has 0 saturated carbocycles.